The number of nitrogens with zero attached hydrogens (tertiary/aromatic N) is 3. The van der Waals surface area contributed by atoms with Gasteiger partial charge in [0, 0.05) is 12.1 Å². The van der Waals surface area contributed by atoms with E-state index in [1.54, 1.807) is 27.7 Å². The highest BCUT2D eigenvalue weighted by molar-refractivity contribution is 6.05. The molecule has 160 valence electrons. The Kier molecular flexibility index (Phi) is 6.89. The van der Waals surface area contributed by atoms with Gasteiger partial charge in [-0.2, -0.15) is 4.91 Å². The molecule has 0 radical (unpaired) electrons. The summed E-state index contributed by atoms with van der Waals surface area (Å²) in [5.74, 6) is -1.16. The van der Waals surface area contributed by atoms with Crippen LogP contribution in [-0.4, -0.2) is 53.3 Å². The van der Waals surface area contributed by atoms with Crippen LogP contribution in [0.2, 0.25) is 0 Å². The molecule has 2 aliphatic rings. The molecule has 2 heterocycles. The second-order valence-corrected chi connectivity index (χ2v) is 7.78. The van der Waals surface area contributed by atoms with Crippen LogP contribution in [0.3, 0.4) is 0 Å². The Morgan fingerprint density at radius 1 is 1.41 bits per heavy atom. The summed E-state index contributed by atoms with van der Waals surface area (Å²) in [7, 11) is 0. The number of aliphatic imine (C=N–C) groups is 1. The van der Waals surface area contributed by atoms with Crippen molar-refractivity contribution in [2.45, 2.75) is 58.7 Å². The van der Waals surface area contributed by atoms with Gasteiger partial charge in [-0.25, -0.2) is 9.38 Å². The van der Waals surface area contributed by atoms with Crippen LogP contribution in [0.1, 0.15) is 34.6 Å². The molecule has 1 fully saturated rings. The van der Waals surface area contributed by atoms with Crippen LogP contribution < -0.4 is 5.32 Å². The molecule has 0 saturated carbocycles. The topological polar surface area (TPSA) is 110 Å². The summed E-state index contributed by atoms with van der Waals surface area (Å²) in [6.07, 6.45) is -0.690. The SMILES string of the molecule is C=C1N=C(NC(=O)C(C)C)C=CN1C1OC(CN=O)C(OC(=O)C(C)C)C1(C)F. The maximum Gasteiger partial charge on any atom is 0.308 e. The van der Waals surface area contributed by atoms with Gasteiger partial charge >= 0.3 is 5.97 Å². The zero-order valence-corrected chi connectivity index (χ0v) is 17.2. The highest BCUT2D eigenvalue weighted by atomic mass is 19.1. The van der Waals surface area contributed by atoms with Gasteiger partial charge in [0.1, 0.15) is 24.3 Å². The molecule has 0 aromatic carbocycles. The summed E-state index contributed by atoms with van der Waals surface area (Å²) in [6.45, 7) is 11.4. The first-order chi connectivity index (χ1) is 13.5. The monoisotopic (exact) mass is 410 g/mol. The molecule has 10 heteroatoms. The van der Waals surface area contributed by atoms with E-state index in [0.717, 1.165) is 0 Å². The number of amidine groups is 1. The Bertz CT molecular complexity index is 747. The molecule has 29 heavy (non-hydrogen) atoms. The number of amides is 1. The van der Waals surface area contributed by atoms with Gasteiger partial charge in [0.2, 0.25) is 5.91 Å². The van der Waals surface area contributed by atoms with E-state index in [4.69, 9.17) is 9.47 Å². The van der Waals surface area contributed by atoms with Crippen LogP contribution in [0, 0.1) is 16.7 Å². The molecule has 0 aromatic rings. The lowest BCUT2D eigenvalue weighted by Gasteiger charge is -2.35. The summed E-state index contributed by atoms with van der Waals surface area (Å²) in [4.78, 5) is 40.1. The van der Waals surface area contributed by atoms with Gasteiger partial charge in [0.05, 0.1) is 5.92 Å². The number of rotatable bonds is 6. The molecular weight excluding hydrogens is 383 g/mol. The van der Waals surface area contributed by atoms with Gasteiger partial charge in [-0.1, -0.05) is 39.5 Å². The maximum absolute atomic E-state index is 15.7. The average Bonchev–Trinajstić information content (AvgIpc) is 2.86. The number of nitroso groups, excluding NO2 is 1. The highest BCUT2D eigenvalue weighted by Gasteiger charge is 2.59. The number of ether oxygens (including phenoxy) is 2. The van der Waals surface area contributed by atoms with Crippen molar-refractivity contribution >= 4 is 17.7 Å². The summed E-state index contributed by atoms with van der Waals surface area (Å²) in [6, 6.07) is 0. The number of nitrogens with one attached hydrogen (secondary N) is 1. The Hall–Kier alpha value is -2.62. The first-order valence-corrected chi connectivity index (χ1v) is 9.38. The zero-order chi connectivity index (χ0) is 21.9. The van der Waals surface area contributed by atoms with Crippen LogP contribution in [0.5, 0.6) is 0 Å². The molecule has 1 N–H and O–H groups in total. The van der Waals surface area contributed by atoms with Crippen molar-refractivity contribution in [2.75, 3.05) is 6.54 Å². The number of carbonyl (C=O) groups is 2. The largest absolute Gasteiger partial charge is 0.456 e. The molecule has 9 nitrogen and oxygen atoms in total. The molecule has 1 amide bonds. The Morgan fingerprint density at radius 3 is 2.59 bits per heavy atom. The molecule has 0 bridgehead atoms. The third-order valence-electron chi connectivity index (χ3n) is 4.62. The van der Waals surface area contributed by atoms with Crippen molar-refractivity contribution in [2.24, 2.45) is 22.0 Å². The standard InChI is InChI=1S/C19H27FN4O5/c1-10(2)16(25)23-14-7-8-24(12(5)22-14)18-19(6,20)15(13(28-18)9-21-27)29-17(26)11(3)4/h7-8,10-11,13,15,18H,5,9H2,1-4,6H3,(H,22,23,25). The van der Waals surface area contributed by atoms with Crippen molar-refractivity contribution in [1.29, 1.82) is 0 Å². The van der Waals surface area contributed by atoms with Crippen molar-refractivity contribution in [3.63, 3.8) is 0 Å². The number of hydrogen-bond acceptors (Lipinski definition) is 8. The third kappa shape index (κ3) is 4.87. The summed E-state index contributed by atoms with van der Waals surface area (Å²) >= 11 is 0. The third-order valence-corrected chi connectivity index (χ3v) is 4.62. The van der Waals surface area contributed by atoms with E-state index < -0.39 is 36.0 Å². The van der Waals surface area contributed by atoms with Gasteiger partial charge in [0.15, 0.2) is 18.0 Å². The summed E-state index contributed by atoms with van der Waals surface area (Å²) in [5.41, 5.74) is -2.18. The molecule has 2 aliphatic heterocycles. The minimum atomic E-state index is -2.18. The van der Waals surface area contributed by atoms with E-state index in [0.29, 0.717) is 0 Å². The van der Waals surface area contributed by atoms with Crippen LogP contribution in [-0.2, 0) is 19.1 Å². The minimum Gasteiger partial charge on any atom is -0.456 e. The van der Waals surface area contributed by atoms with Crippen molar-refractivity contribution in [3.05, 3.63) is 29.6 Å². The zero-order valence-electron chi connectivity index (χ0n) is 17.2. The number of carbonyl (C=O) groups excluding carboxylic acids is 2. The fourth-order valence-corrected chi connectivity index (χ4v) is 2.90. The Morgan fingerprint density at radius 2 is 2.07 bits per heavy atom. The maximum atomic E-state index is 15.7. The van der Waals surface area contributed by atoms with E-state index in [9.17, 15) is 14.5 Å². The lowest BCUT2D eigenvalue weighted by Crippen LogP contribution is -2.50. The van der Waals surface area contributed by atoms with Crippen LogP contribution in [0.25, 0.3) is 0 Å². The minimum absolute atomic E-state index is 0.120. The second kappa shape index (κ2) is 8.81. The number of esters is 1. The van der Waals surface area contributed by atoms with Crippen LogP contribution in [0.4, 0.5) is 4.39 Å². The predicted molar refractivity (Wildman–Crippen MR) is 104 cm³/mol. The van der Waals surface area contributed by atoms with E-state index in [-0.39, 0.29) is 30.0 Å². The highest BCUT2D eigenvalue weighted by Crippen LogP contribution is 2.40. The fourth-order valence-electron chi connectivity index (χ4n) is 2.90. The predicted octanol–water partition coefficient (Wildman–Crippen LogP) is 2.24. The molecule has 0 spiro atoms. The molecule has 0 aromatic heterocycles. The Labute approximate surface area is 169 Å². The van der Waals surface area contributed by atoms with Crippen LogP contribution in [0.15, 0.2) is 34.8 Å². The quantitative estimate of drug-likeness (QED) is 0.531. The first kappa shape index (κ1) is 22.7. The van der Waals surface area contributed by atoms with Gasteiger partial charge in [-0.15, -0.1) is 0 Å². The van der Waals surface area contributed by atoms with Crippen molar-refractivity contribution in [3.8, 4) is 0 Å². The van der Waals surface area contributed by atoms with E-state index in [1.807, 2.05) is 0 Å². The Balaban J connectivity index is 2.22. The number of hydrogen-bond donors (Lipinski definition) is 1. The number of halogens is 1. The molecule has 1 saturated heterocycles. The smallest absolute Gasteiger partial charge is 0.308 e. The molecule has 2 rings (SSSR count). The van der Waals surface area contributed by atoms with E-state index >= 15 is 4.39 Å². The normalized spacial score (nSPS) is 29.2. The average molecular weight is 410 g/mol. The van der Waals surface area contributed by atoms with E-state index in [2.05, 4.69) is 22.1 Å². The summed E-state index contributed by atoms with van der Waals surface area (Å²) in [5, 5.41) is 5.41. The molecule has 4 unspecified atom stereocenters. The lowest BCUT2D eigenvalue weighted by atomic mass is 9.97. The van der Waals surface area contributed by atoms with Crippen molar-refractivity contribution < 1.29 is 23.5 Å². The van der Waals surface area contributed by atoms with Gasteiger partial charge in [0.25, 0.3) is 0 Å². The molecule has 0 aliphatic carbocycles. The number of alkyl halides is 1. The second-order valence-electron chi connectivity index (χ2n) is 7.78. The van der Waals surface area contributed by atoms with Crippen LogP contribution >= 0.6 is 0 Å². The van der Waals surface area contributed by atoms with Gasteiger partial charge < -0.3 is 19.7 Å². The molecular formula is C19H27FN4O5. The molecule has 4 atom stereocenters. The first-order valence-electron chi connectivity index (χ1n) is 9.38. The summed E-state index contributed by atoms with van der Waals surface area (Å²) < 4.78 is 26.7. The van der Waals surface area contributed by atoms with Crippen molar-refractivity contribution in [1.82, 2.24) is 10.2 Å². The van der Waals surface area contributed by atoms with Gasteiger partial charge in [-0.05, 0) is 13.0 Å². The fraction of sp³-hybridized carbons (Fsp3) is 0.632. The van der Waals surface area contributed by atoms with Gasteiger partial charge in [-0.3, -0.25) is 9.59 Å². The lowest BCUT2D eigenvalue weighted by molar-refractivity contribution is -0.161. The van der Waals surface area contributed by atoms with E-state index in [1.165, 1.54) is 24.1 Å².